The summed E-state index contributed by atoms with van der Waals surface area (Å²) in [5, 5.41) is 6.26. The van der Waals surface area contributed by atoms with E-state index in [-0.39, 0.29) is 4.21 Å². The van der Waals surface area contributed by atoms with E-state index >= 15 is 0 Å². The number of rotatable bonds is 4. The van der Waals surface area contributed by atoms with E-state index in [9.17, 15) is 18.0 Å². The molecule has 0 aliphatic carbocycles. The van der Waals surface area contributed by atoms with Crippen molar-refractivity contribution in [1.29, 1.82) is 0 Å². The van der Waals surface area contributed by atoms with Crippen molar-refractivity contribution in [3.63, 3.8) is 0 Å². The summed E-state index contributed by atoms with van der Waals surface area (Å²) in [5.41, 5.74) is 0.814. The Balaban J connectivity index is 1.86. The second kappa shape index (κ2) is 5.43. The molecule has 22 heavy (non-hydrogen) atoms. The summed E-state index contributed by atoms with van der Waals surface area (Å²) < 4.78 is 27.0. The van der Waals surface area contributed by atoms with Crippen LogP contribution < -0.4 is 15.4 Å². The molecule has 1 unspecified atom stereocenters. The van der Waals surface area contributed by atoms with Crippen molar-refractivity contribution in [2.24, 2.45) is 0 Å². The highest BCUT2D eigenvalue weighted by Crippen LogP contribution is 2.24. The number of hydrogen-bond donors (Lipinski definition) is 3. The molecule has 3 rings (SSSR count). The molecule has 1 atom stereocenters. The molecule has 114 valence electrons. The summed E-state index contributed by atoms with van der Waals surface area (Å²) in [4.78, 5) is 22.8. The Bertz CT molecular complexity index is 831. The van der Waals surface area contributed by atoms with Gasteiger partial charge in [0.05, 0.1) is 0 Å². The van der Waals surface area contributed by atoms with Crippen molar-refractivity contribution in [1.82, 2.24) is 10.6 Å². The average molecular weight is 337 g/mol. The summed E-state index contributed by atoms with van der Waals surface area (Å²) >= 11 is 1.11. The number of amides is 3. The van der Waals surface area contributed by atoms with Gasteiger partial charge in [0.2, 0.25) is 0 Å². The van der Waals surface area contributed by atoms with E-state index in [0.717, 1.165) is 11.3 Å². The number of urea groups is 1. The van der Waals surface area contributed by atoms with Gasteiger partial charge in [-0.1, -0.05) is 18.2 Å². The summed E-state index contributed by atoms with van der Waals surface area (Å²) in [6.07, 6.45) is 0. The molecule has 1 aromatic heterocycles. The van der Waals surface area contributed by atoms with E-state index in [0.29, 0.717) is 11.3 Å². The van der Waals surface area contributed by atoms with Crippen LogP contribution in [-0.2, 0) is 14.8 Å². The van der Waals surface area contributed by atoms with Crippen molar-refractivity contribution >= 4 is 39.0 Å². The molecule has 2 aromatic rings. The van der Waals surface area contributed by atoms with Gasteiger partial charge in [0.25, 0.3) is 15.9 Å². The monoisotopic (exact) mass is 337 g/mol. The largest absolute Gasteiger partial charge is 0.322 e. The van der Waals surface area contributed by atoms with Crippen molar-refractivity contribution in [2.75, 3.05) is 4.72 Å². The zero-order chi connectivity index (χ0) is 15.7. The van der Waals surface area contributed by atoms with Gasteiger partial charge in [-0.3, -0.25) is 14.8 Å². The van der Waals surface area contributed by atoms with E-state index in [1.165, 1.54) is 12.1 Å². The van der Waals surface area contributed by atoms with Gasteiger partial charge in [0.1, 0.15) is 10.3 Å². The predicted molar refractivity (Wildman–Crippen MR) is 81.0 cm³/mol. The van der Waals surface area contributed by atoms with Crippen LogP contribution in [0.25, 0.3) is 0 Å². The lowest BCUT2D eigenvalue weighted by Gasteiger charge is -2.11. The second-order valence-electron chi connectivity index (χ2n) is 4.56. The maximum Gasteiger partial charge on any atom is 0.322 e. The third kappa shape index (κ3) is 2.81. The molecule has 3 N–H and O–H groups in total. The Hall–Kier alpha value is -2.39. The van der Waals surface area contributed by atoms with Gasteiger partial charge in [-0.15, -0.1) is 11.3 Å². The molecule has 7 nitrogen and oxygen atoms in total. The van der Waals surface area contributed by atoms with Gasteiger partial charge < -0.3 is 5.32 Å². The number of benzene rings is 1. The topological polar surface area (TPSA) is 104 Å². The molecular formula is C13H11N3O4S2. The van der Waals surface area contributed by atoms with E-state index in [1.54, 1.807) is 29.6 Å². The molecule has 0 saturated carbocycles. The number of thiophene rings is 1. The Morgan fingerprint density at radius 1 is 1.14 bits per heavy atom. The molecule has 9 heteroatoms. The first-order valence-corrected chi connectivity index (χ1v) is 8.60. The fraction of sp³-hybridized carbons (Fsp3) is 0.0769. The first-order valence-electron chi connectivity index (χ1n) is 6.23. The lowest BCUT2D eigenvalue weighted by molar-refractivity contribution is -0.120. The zero-order valence-corrected chi connectivity index (χ0v) is 12.7. The SMILES string of the molecule is O=C1NC(=O)C(c2cccc(NS(=O)(=O)c3cccs3)c2)N1. The van der Waals surface area contributed by atoms with Crippen LogP contribution in [0.3, 0.4) is 0 Å². The maximum absolute atomic E-state index is 12.2. The summed E-state index contributed by atoms with van der Waals surface area (Å²) in [5.74, 6) is -0.469. The first kappa shape index (κ1) is 14.5. The number of sulfonamides is 1. The Morgan fingerprint density at radius 3 is 2.59 bits per heavy atom. The van der Waals surface area contributed by atoms with Crippen LogP contribution in [0.2, 0.25) is 0 Å². The lowest BCUT2D eigenvalue weighted by atomic mass is 10.1. The number of nitrogens with one attached hydrogen (secondary N) is 3. The van der Waals surface area contributed by atoms with Gasteiger partial charge in [0.15, 0.2) is 0 Å². The third-order valence-corrected chi connectivity index (χ3v) is 5.79. The number of imide groups is 1. The first-order chi connectivity index (χ1) is 10.5. The van der Waals surface area contributed by atoms with Crippen LogP contribution >= 0.6 is 11.3 Å². The number of anilines is 1. The summed E-state index contributed by atoms with van der Waals surface area (Å²) in [6.45, 7) is 0. The van der Waals surface area contributed by atoms with E-state index in [2.05, 4.69) is 15.4 Å². The van der Waals surface area contributed by atoms with Crippen molar-refractivity contribution in [3.8, 4) is 0 Å². The van der Waals surface area contributed by atoms with Crippen molar-refractivity contribution < 1.29 is 18.0 Å². The minimum absolute atomic E-state index is 0.199. The number of hydrogen-bond acceptors (Lipinski definition) is 5. The molecule has 1 fully saturated rings. The van der Waals surface area contributed by atoms with Crippen LogP contribution in [-0.4, -0.2) is 20.4 Å². The highest BCUT2D eigenvalue weighted by molar-refractivity contribution is 7.94. The van der Waals surface area contributed by atoms with E-state index in [1.807, 2.05) is 0 Å². The molecule has 1 aliphatic heterocycles. The van der Waals surface area contributed by atoms with E-state index < -0.39 is 28.0 Å². The zero-order valence-electron chi connectivity index (χ0n) is 11.1. The molecular weight excluding hydrogens is 326 g/mol. The van der Waals surface area contributed by atoms with Crippen LogP contribution in [0.4, 0.5) is 10.5 Å². The third-order valence-electron chi connectivity index (χ3n) is 3.01. The fourth-order valence-electron chi connectivity index (χ4n) is 2.06. The lowest BCUT2D eigenvalue weighted by Crippen LogP contribution is -2.22. The van der Waals surface area contributed by atoms with Gasteiger partial charge in [0, 0.05) is 5.69 Å². The molecule has 0 radical (unpaired) electrons. The Labute approximate surface area is 130 Å². The quantitative estimate of drug-likeness (QED) is 0.734. The number of carbonyl (C=O) groups excluding carboxylic acids is 2. The van der Waals surface area contributed by atoms with Gasteiger partial charge in [-0.2, -0.15) is 0 Å². The molecule has 0 bridgehead atoms. The average Bonchev–Trinajstić information content (AvgIpc) is 3.08. The van der Waals surface area contributed by atoms with Crippen LogP contribution in [0.15, 0.2) is 46.0 Å². The van der Waals surface area contributed by atoms with E-state index in [4.69, 9.17) is 0 Å². The van der Waals surface area contributed by atoms with Crippen LogP contribution in [0.1, 0.15) is 11.6 Å². The molecule has 2 heterocycles. The molecule has 1 aromatic carbocycles. The fourth-order valence-corrected chi connectivity index (χ4v) is 4.10. The van der Waals surface area contributed by atoms with Gasteiger partial charge in [-0.05, 0) is 29.1 Å². The maximum atomic E-state index is 12.2. The van der Waals surface area contributed by atoms with Crippen molar-refractivity contribution in [3.05, 3.63) is 47.3 Å². The number of carbonyl (C=O) groups is 2. The smallest absolute Gasteiger partial charge is 0.322 e. The molecule has 0 spiro atoms. The highest BCUT2D eigenvalue weighted by atomic mass is 32.2. The van der Waals surface area contributed by atoms with Gasteiger partial charge in [-0.25, -0.2) is 13.2 Å². The van der Waals surface area contributed by atoms with Gasteiger partial charge >= 0.3 is 6.03 Å². The van der Waals surface area contributed by atoms with Crippen LogP contribution in [0.5, 0.6) is 0 Å². The minimum atomic E-state index is -3.65. The summed E-state index contributed by atoms with van der Waals surface area (Å²) in [7, 11) is -3.65. The summed E-state index contributed by atoms with van der Waals surface area (Å²) in [6, 6.07) is 8.09. The Morgan fingerprint density at radius 2 is 1.95 bits per heavy atom. The molecule has 3 amide bonds. The van der Waals surface area contributed by atoms with Crippen molar-refractivity contribution in [2.45, 2.75) is 10.3 Å². The highest BCUT2D eigenvalue weighted by Gasteiger charge is 2.31. The Kier molecular flexibility index (Phi) is 3.59. The molecule has 1 aliphatic rings. The minimum Gasteiger partial charge on any atom is -0.322 e. The second-order valence-corrected chi connectivity index (χ2v) is 7.42. The normalized spacial score (nSPS) is 17.9. The standard InChI is InChI=1S/C13H11N3O4S2/c17-12-11(14-13(18)15-12)8-3-1-4-9(7-8)16-22(19,20)10-5-2-6-21-10/h1-7,11,16H,(H2,14,15,17,18). The predicted octanol–water partition coefficient (Wildman–Crippen LogP) is 1.43. The van der Waals surface area contributed by atoms with Crippen LogP contribution in [0, 0.1) is 0 Å². The molecule has 1 saturated heterocycles.